The third-order valence-electron chi connectivity index (χ3n) is 3.69. The molecule has 3 heterocycles. The van der Waals surface area contributed by atoms with E-state index in [4.69, 9.17) is 17.3 Å². The third kappa shape index (κ3) is 2.42. The van der Waals surface area contributed by atoms with Crippen molar-refractivity contribution in [1.29, 1.82) is 0 Å². The number of hydrogen-bond acceptors (Lipinski definition) is 5. The Kier molecular flexibility index (Phi) is 3.68. The van der Waals surface area contributed by atoms with E-state index in [0.29, 0.717) is 22.4 Å². The summed E-state index contributed by atoms with van der Waals surface area (Å²) in [5, 5.41) is 4.88. The summed E-state index contributed by atoms with van der Waals surface area (Å²) in [6, 6.07) is 15.3. The molecule has 118 valence electrons. The van der Waals surface area contributed by atoms with Crippen molar-refractivity contribution >= 4 is 17.4 Å². The lowest BCUT2D eigenvalue weighted by Gasteiger charge is -2.10. The fraction of sp³-hybridized carbons (Fsp3) is 0.0588. The molecule has 3 aromatic heterocycles. The van der Waals surface area contributed by atoms with Gasteiger partial charge in [-0.15, -0.1) is 5.10 Å². The number of pyridine rings is 1. The highest BCUT2D eigenvalue weighted by molar-refractivity contribution is 6.32. The molecule has 0 spiro atoms. The molecular weight excluding hydrogens is 324 g/mol. The van der Waals surface area contributed by atoms with Gasteiger partial charge in [-0.25, -0.2) is 0 Å². The van der Waals surface area contributed by atoms with Crippen LogP contribution in [-0.4, -0.2) is 24.6 Å². The van der Waals surface area contributed by atoms with E-state index in [2.05, 4.69) is 20.1 Å². The second-order valence-electron chi connectivity index (χ2n) is 5.16. The summed E-state index contributed by atoms with van der Waals surface area (Å²) in [6.07, 6.45) is 1.70. The van der Waals surface area contributed by atoms with Gasteiger partial charge in [0.25, 0.3) is 5.78 Å². The number of nitrogens with two attached hydrogens (primary N) is 1. The van der Waals surface area contributed by atoms with E-state index < -0.39 is 0 Å². The molecule has 1 aromatic carbocycles. The molecule has 0 fully saturated rings. The lowest BCUT2D eigenvalue weighted by Crippen LogP contribution is -2.09. The zero-order valence-electron chi connectivity index (χ0n) is 12.6. The minimum Gasteiger partial charge on any atom is -0.325 e. The summed E-state index contributed by atoms with van der Waals surface area (Å²) in [4.78, 5) is 13.1. The van der Waals surface area contributed by atoms with Crippen molar-refractivity contribution in [2.24, 2.45) is 5.73 Å². The van der Waals surface area contributed by atoms with Gasteiger partial charge in [-0.1, -0.05) is 48.0 Å². The fourth-order valence-electron chi connectivity index (χ4n) is 2.61. The normalized spacial score (nSPS) is 11.1. The van der Waals surface area contributed by atoms with Gasteiger partial charge in [0.1, 0.15) is 10.8 Å². The standard InChI is InChI=1S/C17H13ClN6/c18-15-14(11-6-2-1-3-7-11)13(10-19)24-17(21-15)22-16(23-24)12-8-4-5-9-20-12/h1-9H,10,19H2. The molecule has 0 aliphatic carbocycles. The van der Waals surface area contributed by atoms with Crippen LogP contribution in [0.15, 0.2) is 54.7 Å². The fourth-order valence-corrected chi connectivity index (χ4v) is 2.90. The Morgan fingerprint density at radius 3 is 2.50 bits per heavy atom. The van der Waals surface area contributed by atoms with Crippen molar-refractivity contribution < 1.29 is 0 Å². The molecule has 0 bridgehead atoms. The number of aromatic nitrogens is 5. The van der Waals surface area contributed by atoms with Crippen LogP contribution in [-0.2, 0) is 6.54 Å². The van der Waals surface area contributed by atoms with Gasteiger partial charge in [0.2, 0.25) is 5.82 Å². The maximum absolute atomic E-state index is 6.41. The Labute approximate surface area is 143 Å². The van der Waals surface area contributed by atoms with Crippen LogP contribution in [0.3, 0.4) is 0 Å². The number of nitrogens with zero attached hydrogens (tertiary/aromatic N) is 5. The number of fused-ring (bicyclic) bond motifs is 1. The molecule has 6 nitrogen and oxygen atoms in total. The summed E-state index contributed by atoms with van der Waals surface area (Å²) >= 11 is 6.41. The first kappa shape index (κ1) is 14.7. The third-order valence-corrected chi connectivity index (χ3v) is 3.96. The molecular formula is C17H13ClN6. The molecule has 4 aromatic rings. The van der Waals surface area contributed by atoms with E-state index in [9.17, 15) is 0 Å². The van der Waals surface area contributed by atoms with Crippen molar-refractivity contribution in [3.05, 3.63) is 65.6 Å². The number of benzene rings is 1. The SMILES string of the molecule is NCc1c(-c2ccccc2)c(Cl)nc2nc(-c3ccccn3)nn12. The van der Waals surface area contributed by atoms with Gasteiger partial charge < -0.3 is 5.73 Å². The molecule has 0 aliphatic heterocycles. The van der Waals surface area contributed by atoms with E-state index in [1.807, 2.05) is 48.5 Å². The van der Waals surface area contributed by atoms with Gasteiger partial charge in [0.05, 0.1) is 5.69 Å². The highest BCUT2D eigenvalue weighted by Crippen LogP contribution is 2.30. The van der Waals surface area contributed by atoms with Gasteiger partial charge in [0.15, 0.2) is 0 Å². The van der Waals surface area contributed by atoms with Crippen LogP contribution in [0.5, 0.6) is 0 Å². The van der Waals surface area contributed by atoms with Crippen LogP contribution in [0, 0.1) is 0 Å². The minimum absolute atomic E-state index is 0.258. The van der Waals surface area contributed by atoms with Gasteiger partial charge >= 0.3 is 0 Å². The molecule has 0 saturated heterocycles. The first-order chi connectivity index (χ1) is 11.8. The molecule has 0 saturated carbocycles. The summed E-state index contributed by atoms with van der Waals surface area (Å²) in [5.41, 5.74) is 9.11. The van der Waals surface area contributed by atoms with Crippen molar-refractivity contribution in [3.63, 3.8) is 0 Å². The average Bonchev–Trinajstić information content (AvgIpc) is 3.05. The molecule has 24 heavy (non-hydrogen) atoms. The molecule has 4 rings (SSSR count). The van der Waals surface area contributed by atoms with Crippen LogP contribution >= 0.6 is 11.6 Å². The van der Waals surface area contributed by atoms with Gasteiger partial charge in [-0.3, -0.25) is 4.98 Å². The Balaban J connectivity index is 1.98. The molecule has 7 heteroatoms. The van der Waals surface area contributed by atoms with E-state index in [-0.39, 0.29) is 6.54 Å². The number of hydrogen-bond donors (Lipinski definition) is 1. The Morgan fingerprint density at radius 1 is 1.00 bits per heavy atom. The second kappa shape index (κ2) is 5.99. The molecule has 0 radical (unpaired) electrons. The zero-order valence-corrected chi connectivity index (χ0v) is 13.4. The van der Waals surface area contributed by atoms with E-state index in [1.165, 1.54) is 0 Å². The Hall–Kier alpha value is -2.83. The van der Waals surface area contributed by atoms with Crippen LogP contribution in [0.4, 0.5) is 0 Å². The number of halogens is 1. The van der Waals surface area contributed by atoms with Crippen LogP contribution in [0.25, 0.3) is 28.4 Å². The summed E-state index contributed by atoms with van der Waals surface area (Å²) in [5.74, 6) is 0.889. The van der Waals surface area contributed by atoms with Crippen molar-refractivity contribution in [2.45, 2.75) is 6.54 Å². The molecule has 2 N–H and O–H groups in total. The lowest BCUT2D eigenvalue weighted by atomic mass is 10.1. The Bertz CT molecular complexity index is 998. The van der Waals surface area contributed by atoms with Crippen molar-refractivity contribution in [1.82, 2.24) is 24.6 Å². The maximum Gasteiger partial charge on any atom is 0.254 e. The summed E-state index contributed by atoms with van der Waals surface area (Å²) in [6.45, 7) is 0.258. The highest BCUT2D eigenvalue weighted by atomic mass is 35.5. The lowest BCUT2D eigenvalue weighted by molar-refractivity contribution is 0.839. The molecule has 0 atom stereocenters. The van der Waals surface area contributed by atoms with Gasteiger partial charge in [-0.05, 0) is 17.7 Å². The van der Waals surface area contributed by atoms with Crippen LogP contribution < -0.4 is 5.73 Å². The first-order valence-corrected chi connectivity index (χ1v) is 7.78. The van der Waals surface area contributed by atoms with Crippen LogP contribution in [0.1, 0.15) is 5.69 Å². The van der Waals surface area contributed by atoms with Gasteiger partial charge in [-0.2, -0.15) is 14.5 Å². The highest BCUT2D eigenvalue weighted by Gasteiger charge is 2.18. The predicted molar refractivity (Wildman–Crippen MR) is 92.4 cm³/mol. The summed E-state index contributed by atoms with van der Waals surface area (Å²) < 4.78 is 1.64. The molecule has 0 unspecified atom stereocenters. The van der Waals surface area contributed by atoms with Gasteiger partial charge in [0, 0.05) is 18.3 Å². The maximum atomic E-state index is 6.41. The van der Waals surface area contributed by atoms with Crippen molar-refractivity contribution in [3.8, 4) is 22.6 Å². The average molecular weight is 337 g/mol. The molecule has 0 aliphatic rings. The smallest absolute Gasteiger partial charge is 0.254 e. The van der Waals surface area contributed by atoms with Crippen molar-refractivity contribution in [2.75, 3.05) is 0 Å². The monoisotopic (exact) mass is 336 g/mol. The Morgan fingerprint density at radius 2 is 1.79 bits per heavy atom. The van der Waals surface area contributed by atoms with E-state index in [1.54, 1.807) is 10.7 Å². The quantitative estimate of drug-likeness (QED) is 0.582. The van der Waals surface area contributed by atoms with Crippen LogP contribution in [0.2, 0.25) is 5.15 Å². The van der Waals surface area contributed by atoms with E-state index in [0.717, 1.165) is 16.8 Å². The second-order valence-corrected chi connectivity index (χ2v) is 5.51. The minimum atomic E-state index is 0.258. The van der Waals surface area contributed by atoms with E-state index >= 15 is 0 Å². The largest absolute Gasteiger partial charge is 0.325 e. The first-order valence-electron chi connectivity index (χ1n) is 7.40. The topological polar surface area (TPSA) is 82.0 Å². The molecule has 0 amide bonds. The predicted octanol–water partition coefficient (Wildman–Crippen LogP) is 2.97. The summed E-state index contributed by atoms with van der Waals surface area (Å²) in [7, 11) is 0. The number of rotatable bonds is 3. The zero-order chi connectivity index (χ0) is 16.5.